The Morgan fingerprint density at radius 3 is 2.63 bits per heavy atom. The van der Waals surface area contributed by atoms with Crippen LogP contribution in [0.2, 0.25) is 0 Å². The molecule has 1 heterocycles. The van der Waals surface area contributed by atoms with Crippen LogP contribution < -0.4 is 14.8 Å². The van der Waals surface area contributed by atoms with Crippen LogP contribution in [0.5, 0.6) is 11.5 Å². The third-order valence-electron chi connectivity index (χ3n) is 4.87. The predicted octanol–water partition coefficient (Wildman–Crippen LogP) is 4.78. The van der Waals surface area contributed by atoms with Crippen LogP contribution in [0.4, 0.5) is 5.69 Å². The molecule has 0 radical (unpaired) electrons. The van der Waals surface area contributed by atoms with E-state index < -0.39 is 0 Å². The number of hydrogen-bond acceptors (Lipinski definition) is 5. The van der Waals surface area contributed by atoms with Gasteiger partial charge in [-0.2, -0.15) is 5.10 Å². The highest BCUT2D eigenvalue weighted by Gasteiger charge is 2.09. The fourth-order valence-corrected chi connectivity index (χ4v) is 3.23. The van der Waals surface area contributed by atoms with Crippen molar-refractivity contribution in [3.8, 4) is 17.2 Å². The van der Waals surface area contributed by atoms with Crippen LogP contribution >= 0.6 is 0 Å². The molecule has 0 aliphatic heterocycles. The maximum absolute atomic E-state index is 6.06. The molecule has 4 rings (SSSR count). The fourth-order valence-electron chi connectivity index (χ4n) is 3.23. The monoisotopic (exact) mass is 400 g/mol. The lowest BCUT2D eigenvalue weighted by atomic mass is 10.1. The summed E-state index contributed by atoms with van der Waals surface area (Å²) in [6, 6.07) is 23.9. The second kappa shape index (κ2) is 9.13. The molecule has 0 amide bonds. The molecule has 0 atom stereocenters. The highest BCUT2D eigenvalue weighted by molar-refractivity contribution is 5.56. The largest absolute Gasteiger partial charge is 0.497 e. The standard InChI is InChI=1S/C24H24N4O2/c1-18-22(25-15-24-26-17-27-28(24)20-9-4-3-5-10-20)12-7-13-23(18)30-16-19-8-6-11-21(14-19)29-2/h3-14,17,25H,15-16H2,1-2H3. The minimum atomic E-state index is 0.476. The van der Waals surface area contributed by atoms with Crippen LogP contribution in [0.15, 0.2) is 79.1 Å². The van der Waals surface area contributed by atoms with Crippen molar-refractivity contribution in [1.82, 2.24) is 14.8 Å². The number of hydrogen-bond donors (Lipinski definition) is 1. The summed E-state index contributed by atoms with van der Waals surface area (Å²) in [6.07, 6.45) is 1.57. The average molecular weight is 400 g/mol. The Balaban J connectivity index is 1.44. The van der Waals surface area contributed by atoms with E-state index in [9.17, 15) is 0 Å². The molecule has 0 saturated carbocycles. The summed E-state index contributed by atoms with van der Waals surface area (Å²) < 4.78 is 13.2. The van der Waals surface area contributed by atoms with Gasteiger partial charge in [0.1, 0.15) is 24.4 Å². The molecule has 0 spiro atoms. The molecule has 0 aliphatic carbocycles. The summed E-state index contributed by atoms with van der Waals surface area (Å²) in [7, 11) is 1.66. The first kappa shape index (κ1) is 19.5. The van der Waals surface area contributed by atoms with E-state index in [1.54, 1.807) is 13.4 Å². The number of ether oxygens (including phenoxy) is 2. The highest BCUT2D eigenvalue weighted by atomic mass is 16.5. The minimum absolute atomic E-state index is 0.476. The number of nitrogens with one attached hydrogen (secondary N) is 1. The van der Waals surface area contributed by atoms with Gasteiger partial charge in [0.25, 0.3) is 0 Å². The van der Waals surface area contributed by atoms with Crippen molar-refractivity contribution in [3.63, 3.8) is 0 Å². The smallest absolute Gasteiger partial charge is 0.151 e. The van der Waals surface area contributed by atoms with E-state index in [0.717, 1.165) is 39.8 Å². The van der Waals surface area contributed by atoms with Gasteiger partial charge in [-0.3, -0.25) is 0 Å². The number of anilines is 1. The Labute approximate surface area is 176 Å². The molecular weight excluding hydrogens is 376 g/mol. The summed E-state index contributed by atoms with van der Waals surface area (Å²) >= 11 is 0. The third-order valence-corrected chi connectivity index (χ3v) is 4.87. The topological polar surface area (TPSA) is 61.2 Å². The van der Waals surface area contributed by atoms with E-state index in [1.165, 1.54) is 0 Å². The van der Waals surface area contributed by atoms with Gasteiger partial charge < -0.3 is 14.8 Å². The summed E-state index contributed by atoms with van der Waals surface area (Å²) in [5, 5.41) is 7.81. The van der Waals surface area contributed by atoms with Crippen LogP contribution in [0.25, 0.3) is 5.69 Å². The van der Waals surface area contributed by atoms with E-state index in [4.69, 9.17) is 9.47 Å². The second-order valence-electron chi connectivity index (χ2n) is 6.85. The minimum Gasteiger partial charge on any atom is -0.497 e. The lowest BCUT2D eigenvalue weighted by Crippen LogP contribution is -2.09. The Bertz CT molecular complexity index is 1110. The molecule has 0 saturated heterocycles. The zero-order valence-electron chi connectivity index (χ0n) is 17.1. The maximum atomic E-state index is 6.06. The van der Waals surface area contributed by atoms with Gasteiger partial charge in [0.05, 0.1) is 19.3 Å². The summed E-state index contributed by atoms with van der Waals surface area (Å²) in [4.78, 5) is 4.40. The zero-order valence-corrected chi connectivity index (χ0v) is 17.1. The normalized spacial score (nSPS) is 10.6. The van der Waals surface area contributed by atoms with Gasteiger partial charge in [0, 0.05) is 11.3 Å². The molecule has 6 nitrogen and oxygen atoms in total. The van der Waals surface area contributed by atoms with Gasteiger partial charge >= 0.3 is 0 Å². The van der Waals surface area contributed by atoms with Crippen LogP contribution in [0.1, 0.15) is 17.0 Å². The molecule has 0 bridgehead atoms. The molecule has 0 fully saturated rings. The number of benzene rings is 3. The average Bonchev–Trinajstić information content (AvgIpc) is 3.27. The van der Waals surface area contributed by atoms with Crippen molar-refractivity contribution in [2.45, 2.75) is 20.1 Å². The molecule has 0 unspecified atom stereocenters. The lowest BCUT2D eigenvalue weighted by molar-refractivity contribution is 0.303. The number of aromatic nitrogens is 3. The van der Waals surface area contributed by atoms with Gasteiger partial charge in [-0.25, -0.2) is 9.67 Å². The molecular formula is C24H24N4O2. The van der Waals surface area contributed by atoms with Crippen molar-refractivity contribution < 1.29 is 9.47 Å². The first-order valence-corrected chi connectivity index (χ1v) is 9.78. The van der Waals surface area contributed by atoms with Gasteiger partial charge in [0.2, 0.25) is 0 Å². The number of methoxy groups -OCH3 is 1. The maximum Gasteiger partial charge on any atom is 0.151 e. The molecule has 1 aromatic heterocycles. The highest BCUT2D eigenvalue weighted by Crippen LogP contribution is 2.27. The zero-order chi connectivity index (χ0) is 20.8. The molecule has 6 heteroatoms. The van der Waals surface area contributed by atoms with Crippen molar-refractivity contribution in [2.75, 3.05) is 12.4 Å². The van der Waals surface area contributed by atoms with E-state index in [1.807, 2.05) is 84.4 Å². The summed E-state index contributed by atoms with van der Waals surface area (Å²) in [5.74, 6) is 2.50. The summed E-state index contributed by atoms with van der Waals surface area (Å²) in [6.45, 7) is 3.07. The first-order valence-electron chi connectivity index (χ1n) is 9.78. The molecule has 1 N–H and O–H groups in total. The van der Waals surface area contributed by atoms with Gasteiger partial charge in [0.15, 0.2) is 5.82 Å². The number of rotatable bonds is 8. The van der Waals surface area contributed by atoms with Crippen LogP contribution in [-0.4, -0.2) is 21.9 Å². The van der Waals surface area contributed by atoms with Gasteiger partial charge in [-0.1, -0.05) is 36.4 Å². The van der Waals surface area contributed by atoms with Crippen LogP contribution in [0.3, 0.4) is 0 Å². The van der Waals surface area contributed by atoms with Gasteiger partial charge in [-0.05, 0) is 48.9 Å². The lowest BCUT2D eigenvalue weighted by Gasteiger charge is -2.15. The Kier molecular flexibility index (Phi) is 5.94. The Hall–Kier alpha value is -3.80. The Morgan fingerprint density at radius 1 is 0.967 bits per heavy atom. The van der Waals surface area contributed by atoms with Gasteiger partial charge in [-0.15, -0.1) is 0 Å². The first-order chi connectivity index (χ1) is 14.7. The fraction of sp³-hybridized carbons (Fsp3) is 0.167. The third kappa shape index (κ3) is 4.43. The number of nitrogens with zero attached hydrogens (tertiary/aromatic N) is 3. The molecule has 0 aliphatic rings. The Morgan fingerprint density at radius 2 is 1.80 bits per heavy atom. The van der Waals surface area contributed by atoms with Crippen molar-refractivity contribution >= 4 is 5.69 Å². The van der Waals surface area contributed by atoms with Crippen molar-refractivity contribution in [2.24, 2.45) is 0 Å². The van der Waals surface area contributed by atoms with Crippen molar-refractivity contribution in [3.05, 3.63) is 96.1 Å². The predicted molar refractivity (Wildman–Crippen MR) is 117 cm³/mol. The van der Waals surface area contributed by atoms with Crippen molar-refractivity contribution in [1.29, 1.82) is 0 Å². The number of para-hydroxylation sites is 1. The quantitative estimate of drug-likeness (QED) is 0.461. The van der Waals surface area contributed by atoms with E-state index in [0.29, 0.717) is 13.2 Å². The van der Waals surface area contributed by atoms with E-state index in [2.05, 4.69) is 15.4 Å². The molecule has 152 valence electrons. The summed E-state index contributed by atoms with van der Waals surface area (Å²) in [5.41, 5.74) is 4.09. The molecule has 4 aromatic rings. The van der Waals surface area contributed by atoms with Crippen LogP contribution in [0, 0.1) is 6.92 Å². The molecule has 3 aromatic carbocycles. The van der Waals surface area contributed by atoms with E-state index >= 15 is 0 Å². The van der Waals surface area contributed by atoms with Crippen LogP contribution in [-0.2, 0) is 13.2 Å². The SMILES string of the molecule is COc1cccc(COc2cccc(NCc3ncnn3-c3ccccc3)c2C)c1. The second-order valence-corrected chi connectivity index (χ2v) is 6.85. The van der Waals surface area contributed by atoms with E-state index in [-0.39, 0.29) is 0 Å². The molecule has 30 heavy (non-hydrogen) atoms.